The van der Waals surface area contributed by atoms with Crippen LogP contribution in [-0.2, 0) is 9.59 Å². The minimum Gasteiger partial charge on any atom is -0.484 e. The molecule has 3 rings (SSSR count). The minimum atomic E-state index is -0.141. The van der Waals surface area contributed by atoms with Crippen LogP contribution < -0.4 is 10.1 Å². The topological polar surface area (TPSA) is 58.6 Å². The van der Waals surface area contributed by atoms with Crippen molar-refractivity contribution in [2.45, 2.75) is 32.2 Å². The van der Waals surface area contributed by atoms with Crippen LogP contribution in [0.4, 0.5) is 0 Å². The maximum atomic E-state index is 11.8. The second-order valence-electron chi connectivity index (χ2n) is 6.25. The predicted octanol–water partition coefficient (Wildman–Crippen LogP) is 1.50. The number of amides is 2. The number of carbonyl (C=O) groups is 2. The maximum Gasteiger partial charge on any atom is 0.257 e. The van der Waals surface area contributed by atoms with E-state index in [-0.39, 0.29) is 24.3 Å². The molecular weight excluding hydrogens is 280 g/mol. The molecule has 1 aromatic carbocycles. The first-order valence-corrected chi connectivity index (χ1v) is 7.87. The SMILES string of the molecule is Cc1ccc(OCC(=O)NCC2CC(=O)N(C3CC3)C2)cc1. The monoisotopic (exact) mass is 302 g/mol. The predicted molar refractivity (Wildman–Crippen MR) is 82.5 cm³/mol. The van der Waals surface area contributed by atoms with Crippen LogP contribution in [0.3, 0.4) is 0 Å². The van der Waals surface area contributed by atoms with E-state index in [9.17, 15) is 9.59 Å². The minimum absolute atomic E-state index is 0.00999. The number of benzene rings is 1. The van der Waals surface area contributed by atoms with Gasteiger partial charge in [0.05, 0.1) is 0 Å². The molecule has 22 heavy (non-hydrogen) atoms. The summed E-state index contributed by atoms with van der Waals surface area (Å²) in [5, 5.41) is 2.86. The molecule has 2 amide bonds. The Labute approximate surface area is 130 Å². The van der Waals surface area contributed by atoms with Crippen LogP contribution in [0.25, 0.3) is 0 Å². The first kappa shape index (κ1) is 14.9. The highest BCUT2D eigenvalue weighted by molar-refractivity contribution is 5.80. The largest absolute Gasteiger partial charge is 0.484 e. The van der Waals surface area contributed by atoms with Crippen molar-refractivity contribution in [3.8, 4) is 5.75 Å². The van der Waals surface area contributed by atoms with Gasteiger partial charge in [0.25, 0.3) is 5.91 Å². The number of hydrogen-bond donors (Lipinski definition) is 1. The molecule has 1 aromatic rings. The number of carbonyl (C=O) groups excluding carboxylic acids is 2. The van der Waals surface area contributed by atoms with Gasteiger partial charge < -0.3 is 15.0 Å². The Morgan fingerprint density at radius 2 is 2.05 bits per heavy atom. The van der Waals surface area contributed by atoms with E-state index in [1.54, 1.807) is 0 Å². The van der Waals surface area contributed by atoms with E-state index in [4.69, 9.17) is 4.74 Å². The highest BCUT2D eigenvalue weighted by Crippen LogP contribution is 2.32. The molecule has 0 radical (unpaired) electrons. The van der Waals surface area contributed by atoms with Gasteiger partial charge in [-0.05, 0) is 31.9 Å². The molecule has 1 atom stereocenters. The molecule has 118 valence electrons. The summed E-state index contributed by atoms with van der Waals surface area (Å²) >= 11 is 0. The summed E-state index contributed by atoms with van der Waals surface area (Å²) in [5.41, 5.74) is 1.16. The zero-order chi connectivity index (χ0) is 15.5. The fourth-order valence-corrected chi connectivity index (χ4v) is 2.78. The number of ether oxygens (including phenoxy) is 1. The summed E-state index contributed by atoms with van der Waals surface area (Å²) in [5.74, 6) is 1.02. The van der Waals surface area contributed by atoms with Gasteiger partial charge >= 0.3 is 0 Å². The number of hydrogen-bond acceptors (Lipinski definition) is 3. The number of likely N-dealkylation sites (tertiary alicyclic amines) is 1. The Morgan fingerprint density at radius 1 is 1.32 bits per heavy atom. The summed E-state index contributed by atoms with van der Waals surface area (Å²) < 4.78 is 5.44. The quantitative estimate of drug-likeness (QED) is 0.866. The highest BCUT2D eigenvalue weighted by atomic mass is 16.5. The summed E-state index contributed by atoms with van der Waals surface area (Å²) in [6, 6.07) is 8.07. The van der Waals surface area contributed by atoms with Crippen molar-refractivity contribution in [1.82, 2.24) is 10.2 Å². The second kappa shape index (κ2) is 6.38. The van der Waals surface area contributed by atoms with Gasteiger partial charge in [0.1, 0.15) is 5.75 Å². The Kier molecular flexibility index (Phi) is 4.32. The molecular formula is C17H22N2O3. The van der Waals surface area contributed by atoms with E-state index in [0.717, 1.165) is 24.9 Å². The van der Waals surface area contributed by atoms with E-state index in [1.165, 1.54) is 0 Å². The summed E-state index contributed by atoms with van der Waals surface area (Å²) in [6.07, 6.45) is 2.82. The third-order valence-corrected chi connectivity index (χ3v) is 4.21. The van der Waals surface area contributed by atoms with Crippen LogP contribution >= 0.6 is 0 Å². The van der Waals surface area contributed by atoms with E-state index < -0.39 is 0 Å². The van der Waals surface area contributed by atoms with Gasteiger partial charge in [0, 0.05) is 31.5 Å². The average molecular weight is 302 g/mol. The van der Waals surface area contributed by atoms with E-state index in [1.807, 2.05) is 36.1 Å². The van der Waals surface area contributed by atoms with E-state index >= 15 is 0 Å². The Bertz CT molecular complexity index is 552. The van der Waals surface area contributed by atoms with E-state index in [0.29, 0.717) is 24.8 Å². The first-order chi connectivity index (χ1) is 10.6. The van der Waals surface area contributed by atoms with E-state index in [2.05, 4.69) is 5.32 Å². The molecule has 0 spiro atoms. The molecule has 1 heterocycles. The lowest BCUT2D eigenvalue weighted by atomic mass is 10.1. The van der Waals surface area contributed by atoms with Gasteiger partial charge in [-0.3, -0.25) is 9.59 Å². The third kappa shape index (κ3) is 3.78. The maximum absolute atomic E-state index is 11.8. The van der Waals surface area contributed by atoms with Crippen LogP contribution in [0.5, 0.6) is 5.75 Å². The molecule has 2 aliphatic rings. The van der Waals surface area contributed by atoms with Crippen LogP contribution in [0.1, 0.15) is 24.8 Å². The molecule has 5 nitrogen and oxygen atoms in total. The molecule has 5 heteroatoms. The van der Waals surface area contributed by atoms with Gasteiger partial charge in [-0.2, -0.15) is 0 Å². The van der Waals surface area contributed by atoms with Gasteiger partial charge in [0.2, 0.25) is 5.91 Å². The van der Waals surface area contributed by atoms with Crippen molar-refractivity contribution in [2.75, 3.05) is 19.7 Å². The molecule has 1 saturated heterocycles. The lowest BCUT2D eigenvalue weighted by molar-refractivity contribution is -0.128. The standard InChI is InChI=1S/C17H22N2O3/c1-12-2-6-15(7-3-12)22-11-16(20)18-9-13-8-17(21)19(10-13)14-4-5-14/h2-3,6-7,13-14H,4-5,8-11H2,1H3,(H,18,20). The Balaban J connectivity index is 1.37. The van der Waals surface area contributed by atoms with Gasteiger partial charge in [-0.1, -0.05) is 17.7 Å². The first-order valence-electron chi connectivity index (χ1n) is 7.87. The second-order valence-corrected chi connectivity index (χ2v) is 6.25. The zero-order valence-electron chi connectivity index (χ0n) is 12.9. The molecule has 1 unspecified atom stereocenters. The summed E-state index contributed by atoms with van der Waals surface area (Å²) in [7, 11) is 0. The fourth-order valence-electron chi connectivity index (χ4n) is 2.78. The number of aryl methyl sites for hydroxylation is 1. The molecule has 1 saturated carbocycles. The van der Waals surface area contributed by atoms with Gasteiger partial charge in [0.15, 0.2) is 6.61 Å². The average Bonchev–Trinajstić information content (AvgIpc) is 3.28. The van der Waals surface area contributed by atoms with Crippen molar-refractivity contribution >= 4 is 11.8 Å². The van der Waals surface area contributed by atoms with Crippen LogP contribution in [0, 0.1) is 12.8 Å². The molecule has 1 aliphatic heterocycles. The summed E-state index contributed by atoms with van der Waals surface area (Å²) in [4.78, 5) is 25.6. The van der Waals surface area contributed by atoms with Crippen molar-refractivity contribution in [2.24, 2.45) is 5.92 Å². The smallest absolute Gasteiger partial charge is 0.257 e. The van der Waals surface area contributed by atoms with Gasteiger partial charge in [-0.25, -0.2) is 0 Å². The van der Waals surface area contributed by atoms with Crippen LogP contribution in [0.2, 0.25) is 0 Å². The van der Waals surface area contributed by atoms with Crippen molar-refractivity contribution in [3.63, 3.8) is 0 Å². The Hall–Kier alpha value is -2.04. The molecule has 1 aliphatic carbocycles. The normalized spacial score (nSPS) is 21.0. The van der Waals surface area contributed by atoms with Crippen molar-refractivity contribution < 1.29 is 14.3 Å². The lowest BCUT2D eigenvalue weighted by Gasteiger charge is -2.15. The number of nitrogens with zero attached hydrogens (tertiary/aromatic N) is 1. The lowest BCUT2D eigenvalue weighted by Crippen LogP contribution is -2.34. The highest BCUT2D eigenvalue weighted by Gasteiger charge is 2.39. The van der Waals surface area contributed by atoms with Crippen molar-refractivity contribution in [3.05, 3.63) is 29.8 Å². The molecule has 0 bridgehead atoms. The summed E-state index contributed by atoms with van der Waals surface area (Å²) in [6.45, 7) is 3.34. The zero-order valence-corrected chi connectivity index (χ0v) is 12.9. The molecule has 1 N–H and O–H groups in total. The van der Waals surface area contributed by atoms with Crippen LogP contribution in [0.15, 0.2) is 24.3 Å². The third-order valence-electron chi connectivity index (χ3n) is 4.21. The van der Waals surface area contributed by atoms with Crippen molar-refractivity contribution in [1.29, 1.82) is 0 Å². The Morgan fingerprint density at radius 3 is 2.73 bits per heavy atom. The van der Waals surface area contributed by atoms with Gasteiger partial charge in [-0.15, -0.1) is 0 Å². The fraction of sp³-hybridized carbons (Fsp3) is 0.529. The molecule has 0 aromatic heterocycles. The number of rotatable bonds is 6. The number of nitrogens with one attached hydrogen (secondary N) is 1. The molecule has 2 fully saturated rings. The van der Waals surface area contributed by atoms with Crippen LogP contribution in [-0.4, -0.2) is 42.5 Å².